The number of hydrogen-bond donors (Lipinski definition) is 6. The van der Waals surface area contributed by atoms with Crippen molar-refractivity contribution in [3.8, 4) is 0 Å². The van der Waals surface area contributed by atoms with Gasteiger partial charge in [0.2, 0.25) is 29.5 Å². The van der Waals surface area contributed by atoms with Gasteiger partial charge in [0.05, 0.1) is 56.9 Å². The first-order chi connectivity index (χ1) is 34.0. The number of ether oxygens (including phenoxy) is 3. The summed E-state index contributed by atoms with van der Waals surface area (Å²) >= 11 is 3.95. The Kier molecular flexibility index (Phi) is 35.8. The van der Waals surface area contributed by atoms with E-state index in [0.29, 0.717) is 146 Å². The normalized spacial score (nSPS) is 16.9. The van der Waals surface area contributed by atoms with Gasteiger partial charge in [-0.1, -0.05) is 20.8 Å². The fourth-order valence-electron chi connectivity index (χ4n) is 6.74. The highest BCUT2D eigenvalue weighted by Gasteiger charge is 2.33. The number of rotatable bonds is 28. The summed E-state index contributed by atoms with van der Waals surface area (Å²) in [4.78, 5) is 126. The molecule has 72 heavy (non-hydrogen) atoms. The van der Waals surface area contributed by atoms with Crippen LogP contribution in [0.15, 0.2) is 0 Å². The number of hydrogen-bond acceptors (Lipinski definition) is 19. The maximum absolute atomic E-state index is 12.2. The first-order valence-corrected chi connectivity index (χ1v) is 27.3. The molecule has 4 saturated heterocycles. The van der Waals surface area contributed by atoms with Gasteiger partial charge in [0, 0.05) is 94.7 Å². The molecular formula is C45H78N8O16S3. The molecule has 24 nitrogen and oxygen atoms in total. The third-order valence-corrected chi connectivity index (χ3v) is 13.9. The Morgan fingerprint density at radius 2 is 1.15 bits per heavy atom. The minimum absolute atomic E-state index is 0. The maximum atomic E-state index is 12.2. The molecule has 8 N–H and O–H groups in total. The number of unbranched alkanes of at least 4 members (excludes halogenated alkanes) is 2. The largest absolute Gasteiger partial charge is 0.480 e. The summed E-state index contributed by atoms with van der Waals surface area (Å²) in [6.45, 7) is 9.75. The number of imide groups is 1. The van der Waals surface area contributed by atoms with Crippen LogP contribution in [0.2, 0.25) is 0 Å². The van der Waals surface area contributed by atoms with Crippen molar-refractivity contribution in [3.05, 3.63) is 0 Å². The number of aliphatic carboxylic acids is 2. The zero-order valence-corrected chi connectivity index (χ0v) is 43.2. The molecule has 0 aromatic heterocycles. The first kappa shape index (κ1) is 65.8. The highest BCUT2D eigenvalue weighted by Crippen LogP contribution is 2.16. The van der Waals surface area contributed by atoms with Gasteiger partial charge in [-0.2, -0.15) is 23.5 Å². The molecule has 0 bridgehead atoms. The number of nitrogens with two attached hydrogens (primary N) is 2. The Labute approximate surface area is 435 Å². The number of carboxylic acid groups (broad SMARTS) is 2. The van der Waals surface area contributed by atoms with Crippen LogP contribution in [0.25, 0.3) is 0 Å². The average molecular weight is 1080 g/mol. The van der Waals surface area contributed by atoms with Crippen molar-refractivity contribution >= 4 is 94.5 Å². The van der Waals surface area contributed by atoms with E-state index in [1.807, 2.05) is 6.92 Å². The average Bonchev–Trinajstić information content (AvgIpc) is 3.68. The van der Waals surface area contributed by atoms with E-state index in [2.05, 4.69) is 10.6 Å². The van der Waals surface area contributed by atoms with Crippen LogP contribution in [-0.4, -0.2) is 228 Å². The smallest absolute Gasteiger partial charge is 0.342 e. The lowest BCUT2D eigenvalue weighted by Gasteiger charge is -2.29. The maximum Gasteiger partial charge on any atom is 0.342 e. The van der Waals surface area contributed by atoms with Crippen LogP contribution in [0, 0.1) is 5.92 Å². The van der Waals surface area contributed by atoms with Gasteiger partial charge >= 0.3 is 17.9 Å². The third kappa shape index (κ3) is 28.8. The molecule has 0 radical (unpaired) electrons. The lowest BCUT2D eigenvalue weighted by Crippen LogP contribution is -2.43. The Morgan fingerprint density at radius 3 is 1.64 bits per heavy atom. The summed E-state index contributed by atoms with van der Waals surface area (Å²) < 4.78 is 15.7. The number of thioether (sulfide) groups is 3. The predicted molar refractivity (Wildman–Crippen MR) is 271 cm³/mol. The molecule has 0 aromatic carbocycles. The van der Waals surface area contributed by atoms with Gasteiger partial charge in [0.15, 0.2) is 0 Å². The van der Waals surface area contributed by atoms with Crippen molar-refractivity contribution in [1.29, 1.82) is 0 Å². The fourth-order valence-corrected chi connectivity index (χ4v) is 9.06. The predicted octanol–water partition coefficient (Wildman–Crippen LogP) is -0.208. The standard InChI is InChI=1S/C24H40N4O8S2.C14H20N2O6S.C6H14N2O2.CH4/c29-20(17-37-15-4-22(31)27-7-11-35-12-8-27)25-6-2-1-3-19(24(33)34)26-21(30)18-38-16-5-23(32)28-9-13-36-14-10-28;1-10(14(20)15-4-6-21-7-5-15)8-23-9-13(19)22-16-11(17)2-3-12(16)18;7-4-2-1-3-5(8)6(9)10;/h19H,1-18H2,(H,25,29)(H,26,30)(H,33,34);10H,2-9H2,1H3;5H,1-4,7-8H2,(H,9,10);1H4. The molecule has 4 heterocycles. The number of hydroxylamine groups is 2. The van der Waals surface area contributed by atoms with E-state index >= 15 is 0 Å². The summed E-state index contributed by atoms with van der Waals surface area (Å²) in [5, 5.41) is 23.6. The van der Waals surface area contributed by atoms with Gasteiger partial charge in [-0.25, -0.2) is 9.59 Å². The Morgan fingerprint density at radius 1 is 0.667 bits per heavy atom. The quantitative estimate of drug-likeness (QED) is 0.0436. The Hall–Kier alpha value is -4.25. The van der Waals surface area contributed by atoms with Crippen LogP contribution in [0.3, 0.4) is 0 Å². The van der Waals surface area contributed by atoms with Gasteiger partial charge in [-0.05, 0) is 38.6 Å². The number of carbonyl (C=O) groups is 10. The van der Waals surface area contributed by atoms with Crippen LogP contribution in [-0.2, 0) is 67.0 Å². The third-order valence-electron chi connectivity index (χ3n) is 10.8. The Bertz CT molecular complexity index is 1690. The summed E-state index contributed by atoms with van der Waals surface area (Å²) in [7, 11) is 0. The van der Waals surface area contributed by atoms with Crippen LogP contribution < -0.4 is 22.1 Å². The molecule has 7 amide bonds. The van der Waals surface area contributed by atoms with Crippen molar-refractivity contribution in [2.45, 2.75) is 90.6 Å². The monoisotopic (exact) mass is 1080 g/mol. The molecule has 4 aliphatic rings. The molecule has 3 atom stereocenters. The minimum Gasteiger partial charge on any atom is -0.480 e. The molecule has 4 fully saturated rings. The van der Waals surface area contributed by atoms with Crippen molar-refractivity contribution in [3.63, 3.8) is 0 Å². The zero-order chi connectivity index (χ0) is 52.4. The van der Waals surface area contributed by atoms with Crippen LogP contribution in [0.1, 0.15) is 78.6 Å². The second-order valence-electron chi connectivity index (χ2n) is 16.5. The second-order valence-corrected chi connectivity index (χ2v) is 19.8. The molecule has 4 aliphatic heterocycles. The van der Waals surface area contributed by atoms with E-state index in [0.717, 1.165) is 12.8 Å². The van der Waals surface area contributed by atoms with Crippen molar-refractivity contribution in [1.82, 2.24) is 30.4 Å². The molecule has 0 aliphatic carbocycles. The van der Waals surface area contributed by atoms with Crippen LogP contribution in [0.5, 0.6) is 0 Å². The zero-order valence-electron chi connectivity index (χ0n) is 40.7. The van der Waals surface area contributed by atoms with Gasteiger partial charge in [0.25, 0.3) is 11.8 Å². The minimum atomic E-state index is -1.10. The van der Waals surface area contributed by atoms with Crippen LogP contribution >= 0.6 is 35.3 Å². The molecule has 0 spiro atoms. The number of morpholine rings is 3. The van der Waals surface area contributed by atoms with Crippen molar-refractivity contribution in [2.75, 3.05) is 127 Å². The van der Waals surface area contributed by atoms with Crippen molar-refractivity contribution < 1.29 is 77.2 Å². The summed E-state index contributed by atoms with van der Waals surface area (Å²) in [6.07, 6.45) is 4.41. The van der Waals surface area contributed by atoms with Gasteiger partial charge in [-0.15, -0.1) is 16.8 Å². The van der Waals surface area contributed by atoms with Gasteiger partial charge in [-0.3, -0.25) is 38.4 Å². The topological polar surface area (TPSA) is 337 Å². The Balaban J connectivity index is 0.000000642. The first-order valence-electron chi connectivity index (χ1n) is 23.9. The van der Waals surface area contributed by atoms with Gasteiger partial charge < -0.3 is 66.1 Å². The summed E-state index contributed by atoms with van der Waals surface area (Å²) in [5.74, 6) is -2.38. The fraction of sp³-hybridized carbons (Fsp3) is 0.778. The summed E-state index contributed by atoms with van der Waals surface area (Å²) in [6, 6.07) is -1.71. The number of amides is 7. The molecule has 3 unspecified atom stereocenters. The number of nitrogens with one attached hydrogen (secondary N) is 2. The van der Waals surface area contributed by atoms with E-state index in [4.69, 9.17) is 35.6 Å². The molecule has 4 rings (SSSR count). The van der Waals surface area contributed by atoms with Crippen molar-refractivity contribution in [2.24, 2.45) is 17.4 Å². The molecule has 0 saturated carbocycles. The van der Waals surface area contributed by atoms with E-state index < -0.39 is 41.8 Å². The van der Waals surface area contributed by atoms with E-state index in [9.17, 15) is 53.1 Å². The highest BCUT2D eigenvalue weighted by atomic mass is 32.2. The lowest BCUT2D eigenvalue weighted by atomic mass is 10.1. The SMILES string of the molecule is C.CC(CSCC(=O)ON1C(=O)CCC1=O)C(=O)N1CCOCC1.NCCCCC(N)C(=O)O.O=C(CSCCC(=O)N1CCOCC1)NCCCCC(NC(=O)CSCCC(=O)N1CCOCC1)C(=O)O. The molecular weight excluding hydrogens is 1000 g/mol. The lowest BCUT2D eigenvalue weighted by molar-refractivity contribution is -0.195. The molecule has 27 heteroatoms. The highest BCUT2D eigenvalue weighted by molar-refractivity contribution is 8.00. The molecule has 412 valence electrons. The van der Waals surface area contributed by atoms with Gasteiger partial charge in [0.1, 0.15) is 12.1 Å². The van der Waals surface area contributed by atoms with E-state index in [-0.39, 0.29) is 79.4 Å². The molecule has 0 aromatic rings. The number of nitrogens with zero attached hydrogens (tertiary/aromatic N) is 4. The summed E-state index contributed by atoms with van der Waals surface area (Å²) in [5.41, 5.74) is 10.4. The van der Waals surface area contributed by atoms with Crippen LogP contribution in [0.4, 0.5) is 0 Å². The number of carbonyl (C=O) groups excluding carboxylic acids is 8. The van der Waals surface area contributed by atoms with E-state index in [1.54, 1.807) is 14.7 Å². The van der Waals surface area contributed by atoms with E-state index in [1.165, 1.54) is 35.3 Å². The number of carboxylic acids is 2. The second kappa shape index (κ2) is 39.2.